The van der Waals surface area contributed by atoms with E-state index in [1.165, 1.54) is 0 Å². The number of nitrogens with zero attached hydrogens (tertiary/aromatic N) is 2. The molecule has 0 saturated heterocycles. The minimum Gasteiger partial charge on any atom is -0.456 e. The number of fused-ring (bicyclic) bond motifs is 6. The molecule has 0 spiro atoms. The van der Waals surface area contributed by atoms with Gasteiger partial charge in [0.15, 0.2) is 0 Å². The van der Waals surface area contributed by atoms with E-state index in [0.29, 0.717) is 5.71 Å². The van der Waals surface area contributed by atoms with Crippen LogP contribution in [0.25, 0.3) is 55.3 Å². The van der Waals surface area contributed by atoms with Gasteiger partial charge in [0.05, 0.1) is 11.4 Å². The number of benzene rings is 3. The zero-order valence-electron chi connectivity index (χ0n) is 20.4. The minimum atomic E-state index is -0.385. The molecule has 0 aliphatic rings. The Kier molecular flexibility index (Phi) is 4.37. The molecule has 0 fully saturated rings. The Morgan fingerprint density at radius 3 is 2.25 bits per heavy atom. The van der Waals surface area contributed by atoms with E-state index in [9.17, 15) is 0 Å². The van der Waals surface area contributed by atoms with E-state index in [4.69, 9.17) is 13.8 Å². The number of furan rings is 2. The second-order valence-corrected chi connectivity index (χ2v) is 9.90. The number of hydrogen-bond donors (Lipinski definition) is 0. The molecular weight excluding hydrogens is 444 g/mol. The second-order valence-electron chi connectivity index (χ2n) is 9.90. The summed E-state index contributed by atoms with van der Waals surface area (Å²) in [6.45, 7) is 6.38. The van der Waals surface area contributed by atoms with Crippen molar-refractivity contribution in [1.29, 1.82) is 0 Å². The molecule has 4 nitrogen and oxygen atoms in total. The maximum atomic E-state index is 6.36. The molecule has 0 aliphatic carbocycles. The Bertz CT molecular complexity index is 1940. The first-order valence-corrected chi connectivity index (χ1v) is 12.2. The third-order valence-electron chi connectivity index (χ3n) is 7.25. The minimum absolute atomic E-state index is 0.385. The van der Waals surface area contributed by atoms with Crippen LogP contribution < -0.4 is 0 Å². The van der Waals surface area contributed by atoms with Gasteiger partial charge in [-0.3, -0.25) is 4.98 Å². The van der Waals surface area contributed by atoms with Crippen molar-refractivity contribution in [2.45, 2.75) is 26.2 Å². The number of aromatic nitrogens is 2. The summed E-state index contributed by atoms with van der Waals surface area (Å²) in [6, 6.07) is 31.1. The molecule has 3 aromatic carbocycles. The van der Waals surface area contributed by atoms with Crippen LogP contribution in [0.3, 0.4) is 0 Å². The largest absolute Gasteiger partial charge is 0.456 e. The van der Waals surface area contributed by atoms with Gasteiger partial charge >= 0.3 is 0 Å². The molecule has 4 aromatic heterocycles. The highest BCUT2D eigenvalue weighted by molar-refractivity contribution is 6.08. The summed E-state index contributed by atoms with van der Waals surface area (Å²) in [5.74, 6) is 0. The van der Waals surface area contributed by atoms with E-state index < -0.39 is 0 Å². The number of para-hydroxylation sites is 3. The first-order valence-electron chi connectivity index (χ1n) is 12.2. The van der Waals surface area contributed by atoms with E-state index in [1.54, 1.807) is 0 Å². The molecule has 0 saturated carbocycles. The SMILES string of the molecule is Cc1ccc2c(n1)oc1c(-c3cccc(C(C)(C)c4cccc5c4oc4ccccc45)n3)cccc12. The van der Waals surface area contributed by atoms with Gasteiger partial charge in [-0.1, -0.05) is 68.4 Å². The van der Waals surface area contributed by atoms with E-state index >= 15 is 0 Å². The summed E-state index contributed by atoms with van der Waals surface area (Å²) < 4.78 is 12.6. The molecular formula is C32H24N2O2. The van der Waals surface area contributed by atoms with Gasteiger partial charge in [-0.2, -0.15) is 0 Å². The maximum Gasteiger partial charge on any atom is 0.227 e. The van der Waals surface area contributed by atoms with Crippen molar-refractivity contribution in [3.63, 3.8) is 0 Å². The van der Waals surface area contributed by atoms with Crippen LogP contribution in [0.1, 0.15) is 30.8 Å². The van der Waals surface area contributed by atoms with Crippen molar-refractivity contribution in [3.05, 3.63) is 108 Å². The Morgan fingerprint density at radius 2 is 1.36 bits per heavy atom. The van der Waals surface area contributed by atoms with Crippen LogP contribution in [-0.2, 0) is 5.41 Å². The third kappa shape index (κ3) is 3.01. The quantitative estimate of drug-likeness (QED) is 0.261. The molecule has 36 heavy (non-hydrogen) atoms. The summed E-state index contributed by atoms with van der Waals surface area (Å²) >= 11 is 0. The zero-order valence-corrected chi connectivity index (χ0v) is 20.4. The fraction of sp³-hybridized carbons (Fsp3) is 0.125. The monoisotopic (exact) mass is 468 g/mol. The molecule has 174 valence electrons. The van der Waals surface area contributed by atoms with Crippen molar-refractivity contribution in [3.8, 4) is 11.3 Å². The van der Waals surface area contributed by atoms with Gasteiger partial charge in [0.25, 0.3) is 0 Å². The van der Waals surface area contributed by atoms with Crippen LogP contribution in [0.4, 0.5) is 0 Å². The fourth-order valence-electron chi connectivity index (χ4n) is 5.28. The average molecular weight is 469 g/mol. The molecule has 0 aliphatic heterocycles. The third-order valence-corrected chi connectivity index (χ3v) is 7.25. The summed E-state index contributed by atoms with van der Waals surface area (Å²) in [5.41, 5.74) is 7.75. The normalized spacial score (nSPS) is 12.3. The lowest BCUT2D eigenvalue weighted by Crippen LogP contribution is -2.21. The Balaban J connectivity index is 1.40. The highest BCUT2D eigenvalue weighted by Crippen LogP contribution is 2.40. The molecule has 0 N–H and O–H groups in total. The van der Waals surface area contributed by atoms with Crippen LogP contribution in [0.2, 0.25) is 0 Å². The first kappa shape index (κ1) is 20.9. The summed E-state index contributed by atoms with van der Waals surface area (Å²) in [5, 5.41) is 4.33. The predicted molar refractivity (Wildman–Crippen MR) is 145 cm³/mol. The highest BCUT2D eigenvalue weighted by atomic mass is 16.3. The van der Waals surface area contributed by atoms with E-state index in [2.05, 4.69) is 85.6 Å². The van der Waals surface area contributed by atoms with Gasteiger partial charge in [0.2, 0.25) is 5.71 Å². The van der Waals surface area contributed by atoms with Crippen molar-refractivity contribution in [1.82, 2.24) is 9.97 Å². The summed E-state index contributed by atoms with van der Waals surface area (Å²) in [6.07, 6.45) is 0. The van der Waals surface area contributed by atoms with E-state index in [0.717, 1.165) is 66.5 Å². The lowest BCUT2D eigenvalue weighted by atomic mass is 9.80. The van der Waals surface area contributed by atoms with Crippen LogP contribution in [0.15, 0.2) is 99.8 Å². The summed E-state index contributed by atoms with van der Waals surface area (Å²) in [7, 11) is 0. The second kappa shape index (κ2) is 7.53. The molecule has 4 heterocycles. The Hall–Kier alpha value is -4.44. The molecule has 7 rings (SSSR count). The maximum absolute atomic E-state index is 6.36. The number of aryl methyl sites for hydroxylation is 1. The molecule has 7 aromatic rings. The predicted octanol–water partition coefficient (Wildman–Crippen LogP) is 8.58. The van der Waals surface area contributed by atoms with Gasteiger partial charge < -0.3 is 8.83 Å². The highest BCUT2D eigenvalue weighted by Gasteiger charge is 2.29. The topological polar surface area (TPSA) is 52.1 Å². The molecule has 0 amide bonds. The van der Waals surface area contributed by atoms with Crippen molar-refractivity contribution in [2.75, 3.05) is 0 Å². The van der Waals surface area contributed by atoms with Gasteiger partial charge in [0.1, 0.15) is 16.7 Å². The van der Waals surface area contributed by atoms with Crippen molar-refractivity contribution >= 4 is 44.0 Å². The number of pyridine rings is 2. The Labute approximate surface area is 208 Å². The molecule has 4 heteroatoms. The van der Waals surface area contributed by atoms with Gasteiger partial charge in [-0.15, -0.1) is 0 Å². The number of rotatable bonds is 3. The van der Waals surface area contributed by atoms with Crippen LogP contribution in [0.5, 0.6) is 0 Å². The zero-order chi connectivity index (χ0) is 24.4. The molecule has 0 atom stereocenters. The van der Waals surface area contributed by atoms with Gasteiger partial charge in [-0.25, -0.2) is 4.98 Å². The van der Waals surface area contributed by atoms with Gasteiger partial charge in [0, 0.05) is 43.8 Å². The number of hydrogen-bond acceptors (Lipinski definition) is 4. The van der Waals surface area contributed by atoms with Crippen LogP contribution in [-0.4, -0.2) is 9.97 Å². The Morgan fingerprint density at radius 1 is 0.611 bits per heavy atom. The van der Waals surface area contributed by atoms with E-state index in [-0.39, 0.29) is 5.41 Å². The molecule has 0 bridgehead atoms. The lowest BCUT2D eigenvalue weighted by Gasteiger charge is -2.25. The van der Waals surface area contributed by atoms with E-state index in [1.807, 2.05) is 31.2 Å². The van der Waals surface area contributed by atoms with Gasteiger partial charge in [-0.05, 0) is 43.3 Å². The molecule has 0 radical (unpaired) electrons. The van der Waals surface area contributed by atoms with Crippen molar-refractivity contribution in [2.24, 2.45) is 0 Å². The fourth-order valence-corrected chi connectivity index (χ4v) is 5.28. The average Bonchev–Trinajstić information content (AvgIpc) is 3.46. The van der Waals surface area contributed by atoms with Crippen LogP contribution >= 0.6 is 0 Å². The standard InChI is InChI=1S/C32H24N2O2/c1-19-17-18-23-22-10-6-12-24(29(22)36-31(23)33-19)26-14-8-16-28(34-26)32(2,3)25-13-7-11-21-20-9-4-5-15-27(20)35-30(21)25/h4-18H,1-3H3. The van der Waals surface area contributed by atoms with Crippen molar-refractivity contribution < 1.29 is 8.83 Å². The van der Waals surface area contributed by atoms with Crippen LogP contribution in [0, 0.1) is 6.92 Å². The lowest BCUT2D eigenvalue weighted by molar-refractivity contribution is 0.593. The smallest absolute Gasteiger partial charge is 0.227 e. The summed E-state index contributed by atoms with van der Waals surface area (Å²) in [4.78, 5) is 9.76. The first-order chi connectivity index (χ1) is 17.5. The molecule has 0 unspecified atom stereocenters.